The Morgan fingerprint density at radius 1 is 1.00 bits per heavy atom. The van der Waals surface area contributed by atoms with E-state index in [0.717, 1.165) is 30.3 Å². The van der Waals surface area contributed by atoms with Crippen LogP contribution in [0.2, 0.25) is 0 Å². The number of nitrogens with zero attached hydrogens (tertiary/aromatic N) is 1. The van der Waals surface area contributed by atoms with Crippen LogP contribution in [-0.4, -0.2) is 16.5 Å². The molecule has 0 bridgehead atoms. The van der Waals surface area contributed by atoms with Crippen molar-refractivity contribution in [2.45, 2.75) is 95.8 Å². The van der Waals surface area contributed by atoms with Gasteiger partial charge in [-0.05, 0) is 68.1 Å². The van der Waals surface area contributed by atoms with Gasteiger partial charge in [0.2, 0.25) is 5.91 Å². The van der Waals surface area contributed by atoms with Crippen molar-refractivity contribution < 1.29 is 18.0 Å². The summed E-state index contributed by atoms with van der Waals surface area (Å²) in [7, 11) is 0. The molecule has 0 atom stereocenters. The van der Waals surface area contributed by atoms with Gasteiger partial charge in [-0.15, -0.1) is 0 Å². The van der Waals surface area contributed by atoms with Gasteiger partial charge in [-0.3, -0.25) is 4.79 Å². The lowest BCUT2D eigenvalue weighted by Crippen LogP contribution is -2.27. The number of hydrogen-bond acceptors (Lipinski definition) is 2. The van der Waals surface area contributed by atoms with E-state index in [2.05, 4.69) is 9.88 Å². The average Bonchev–Trinajstić information content (AvgIpc) is 3.27. The molecule has 1 heterocycles. The van der Waals surface area contributed by atoms with E-state index in [1.807, 2.05) is 30.5 Å². The Morgan fingerprint density at radius 2 is 1.71 bits per heavy atom. The van der Waals surface area contributed by atoms with Crippen LogP contribution >= 0.6 is 0 Å². The van der Waals surface area contributed by atoms with Crippen LogP contribution in [0.25, 0.3) is 22.0 Å². The zero-order chi connectivity index (χ0) is 26.9. The first kappa shape index (κ1) is 26.8. The maximum Gasteiger partial charge on any atom is 0.417 e. The Kier molecular flexibility index (Phi) is 7.85. The first-order valence-electron chi connectivity index (χ1n) is 14.1. The first-order chi connectivity index (χ1) is 18.3. The minimum absolute atomic E-state index is 0.0425. The number of benzene rings is 2. The molecule has 1 amide bonds. The van der Waals surface area contributed by atoms with Crippen LogP contribution in [0, 0.1) is 5.92 Å². The highest BCUT2D eigenvalue weighted by molar-refractivity contribution is 6.04. The van der Waals surface area contributed by atoms with Gasteiger partial charge in [-0.25, -0.2) is 0 Å². The molecule has 2 aliphatic rings. The molecule has 2 aromatic carbocycles. The second-order valence-electron chi connectivity index (χ2n) is 11.2. The SMILES string of the molecule is CCC(=O)Nc1ccc(C2CCC(N)CC2)c(C(F)(F)F)c1-c1cn(CC2CCCCC2)c2ccccc12. The number of para-hydroxylation sites is 1. The van der Waals surface area contributed by atoms with Gasteiger partial charge in [-0.1, -0.05) is 50.5 Å². The maximum atomic E-state index is 15.1. The molecule has 2 fully saturated rings. The molecule has 0 unspecified atom stereocenters. The number of hydrogen-bond donors (Lipinski definition) is 2. The number of carbonyl (C=O) groups is 1. The van der Waals surface area contributed by atoms with E-state index in [-0.39, 0.29) is 35.5 Å². The summed E-state index contributed by atoms with van der Waals surface area (Å²) in [6.07, 6.45) is 6.15. The fourth-order valence-electron chi connectivity index (χ4n) is 6.56. The number of fused-ring (bicyclic) bond motifs is 1. The summed E-state index contributed by atoms with van der Waals surface area (Å²) >= 11 is 0. The molecule has 5 rings (SSSR count). The number of anilines is 1. The van der Waals surface area contributed by atoms with Crippen molar-refractivity contribution in [1.29, 1.82) is 0 Å². The normalized spacial score (nSPS) is 21.1. The molecule has 38 heavy (non-hydrogen) atoms. The molecule has 0 saturated heterocycles. The summed E-state index contributed by atoms with van der Waals surface area (Å²) in [5, 5.41) is 3.58. The standard InChI is InChI=1S/C31H38F3N3O/c1-2-28(38)36-26-17-16-23(21-12-14-22(35)15-13-21)30(31(32,33)34)29(26)25-19-37(18-20-8-4-3-5-9-20)27-11-7-6-10-24(25)27/h6-7,10-11,16-17,19-22H,2-5,8-9,12-15,18,35H2,1H3,(H,36,38). The van der Waals surface area contributed by atoms with Gasteiger partial charge in [-0.2, -0.15) is 13.2 Å². The summed E-state index contributed by atoms with van der Waals surface area (Å²) in [5.41, 5.74) is 7.56. The lowest BCUT2D eigenvalue weighted by Gasteiger charge is -2.30. The van der Waals surface area contributed by atoms with Crippen LogP contribution in [0.4, 0.5) is 18.9 Å². The van der Waals surface area contributed by atoms with Gasteiger partial charge in [0.05, 0.1) is 5.56 Å². The van der Waals surface area contributed by atoms with Crippen molar-refractivity contribution in [2.24, 2.45) is 11.7 Å². The lowest BCUT2D eigenvalue weighted by atomic mass is 9.78. The zero-order valence-electron chi connectivity index (χ0n) is 22.1. The largest absolute Gasteiger partial charge is 0.417 e. The summed E-state index contributed by atoms with van der Waals surface area (Å²) in [6, 6.07) is 11.0. The van der Waals surface area contributed by atoms with Crippen molar-refractivity contribution in [3.63, 3.8) is 0 Å². The number of nitrogens with one attached hydrogen (secondary N) is 1. The Bertz CT molecular complexity index is 1280. The summed E-state index contributed by atoms with van der Waals surface area (Å²) in [6.45, 7) is 2.49. The third-order valence-corrected chi connectivity index (χ3v) is 8.57. The Labute approximate surface area is 222 Å². The molecule has 204 valence electrons. The molecule has 0 spiro atoms. The Balaban J connectivity index is 1.72. The minimum atomic E-state index is -4.58. The molecule has 3 aromatic rings. The van der Waals surface area contributed by atoms with Gasteiger partial charge in [0, 0.05) is 52.9 Å². The van der Waals surface area contributed by atoms with E-state index in [9.17, 15) is 4.79 Å². The number of amides is 1. The number of nitrogens with two attached hydrogens (primary N) is 1. The van der Waals surface area contributed by atoms with Gasteiger partial charge < -0.3 is 15.6 Å². The monoisotopic (exact) mass is 525 g/mol. The van der Waals surface area contributed by atoms with E-state index in [1.54, 1.807) is 19.1 Å². The summed E-state index contributed by atoms with van der Waals surface area (Å²) < 4.78 is 47.3. The maximum absolute atomic E-state index is 15.1. The third kappa shape index (κ3) is 5.49. The number of halogens is 3. The van der Waals surface area contributed by atoms with Crippen LogP contribution < -0.4 is 11.1 Å². The van der Waals surface area contributed by atoms with Gasteiger partial charge in [0.1, 0.15) is 0 Å². The van der Waals surface area contributed by atoms with E-state index in [0.29, 0.717) is 42.7 Å². The van der Waals surface area contributed by atoms with E-state index >= 15 is 13.2 Å². The fraction of sp³-hybridized carbons (Fsp3) is 0.516. The number of aromatic nitrogens is 1. The molecule has 0 aliphatic heterocycles. The zero-order valence-corrected chi connectivity index (χ0v) is 22.1. The van der Waals surface area contributed by atoms with Crippen molar-refractivity contribution in [3.05, 3.63) is 53.7 Å². The Hall–Kier alpha value is -2.80. The van der Waals surface area contributed by atoms with Crippen LogP contribution in [0.5, 0.6) is 0 Å². The highest BCUT2D eigenvalue weighted by Gasteiger charge is 2.40. The van der Waals surface area contributed by atoms with Crippen LogP contribution in [-0.2, 0) is 17.5 Å². The van der Waals surface area contributed by atoms with Crippen LogP contribution in [0.3, 0.4) is 0 Å². The van der Waals surface area contributed by atoms with E-state index < -0.39 is 11.7 Å². The molecular weight excluding hydrogens is 487 g/mol. The van der Waals surface area contributed by atoms with Crippen LogP contribution in [0.1, 0.15) is 88.2 Å². The average molecular weight is 526 g/mol. The number of alkyl halides is 3. The van der Waals surface area contributed by atoms with E-state index in [1.165, 1.54) is 19.3 Å². The topological polar surface area (TPSA) is 60.1 Å². The van der Waals surface area contributed by atoms with Crippen molar-refractivity contribution >= 4 is 22.5 Å². The highest BCUT2D eigenvalue weighted by Crippen LogP contribution is 2.49. The first-order valence-corrected chi connectivity index (χ1v) is 14.1. The second-order valence-corrected chi connectivity index (χ2v) is 11.2. The van der Waals surface area contributed by atoms with Gasteiger partial charge in [0.25, 0.3) is 0 Å². The summed E-state index contributed by atoms with van der Waals surface area (Å²) in [4.78, 5) is 12.5. The second kappa shape index (κ2) is 11.1. The predicted octanol–water partition coefficient (Wildman–Crippen LogP) is 8.24. The minimum Gasteiger partial charge on any atom is -0.347 e. The third-order valence-electron chi connectivity index (χ3n) is 8.57. The molecule has 4 nitrogen and oxygen atoms in total. The van der Waals surface area contributed by atoms with E-state index in [4.69, 9.17) is 5.73 Å². The van der Waals surface area contributed by atoms with Crippen molar-refractivity contribution in [1.82, 2.24) is 4.57 Å². The number of carbonyl (C=O) groups excluding carboxylic acids is 1. The molecule has 1 aromatic heterocycles. The van der Waals surface area contributed by atoms with Gasteiger partial charge >= 0.3 is 6.18 Å². The van der Waals surface area contributed by atoms with Gasteiger partial charge in [0.15, 0.2) is 0 Å². The highest BCUT2D eigenvalue weighted by atomic mass is 19.4. The molecule has 2 aliphatic carbocycles. The molecule has 7 heteroatoms. The molecular formula is C31H38F3N3O. The molecule has 3 N–H and O–H groups in total. The number of rotatable bonds is 6. The molecule has 0 radical (unpaired) electrons. The summed E-state index contributed by atoms with van der Waals surface area (Å²) in [5.74, 6) is 0.00457. The predicted molar refractivity (Wildman–Crippen MR) is 147 cm³/mol. The fourth-order valence-corrected chi connectivity index (χ4v) is 6.56. The molecule has 2 saturated carbocycles. The lowest BCUT2D eigenvalue weighted by molar-refractivity contribution is -0.138. The van der Waals surface area contributed by atoms with Crippen LogP contribution in [0.15, 0.2) is 42.6 Å². The van der Waals surface area contributed by atoms with Crippen molar-refractivity contribution in [2.75, 3.05) is 5.32 Å². The quantitative estimate of drug-likeness (QED) is 0.340. The smallest absolute Gasteiger partial charge is 0.347 e. The Morgan fingerprint density at radius 3 is 2.39 bits per heavy atom. The van der Waals surface area contributed by atoms with Crippen molar-refractivity contribution in [3.8, 4) is 11.1 Å².